The van der Waals surface area contributed by atoms with E-state index in [0.29, 0.717) is 18.0 Å². The molecule has 0 radical (unpaired) electrons. The molecule has 0 saturated heterocycles. The van der Waals surface area contributed by atoms with Gasteiger partial charge in [0.05, 0.1) is 17.5 Å². The van der Waals surface area contributed by atoms with Gasteiger partial charge in [-0.2, -0.15) is 0 Å². The summed E-state index contributed by atoms with van der Waals surface area (Å²) in [6, 6.07) is 15.8. The molecule has 0 aliphatic heterocycles. The van der Waals surface area contributed by atoms with E-state index in [4.69, 9.17) is 16.6 Å². The highest BCUT2D eigenvalue weighted by molar-refractivity contribution is 6.31. The van der Waals surface area contributed by atoms with Gasteiger partial charge in [-0.3, -0.25) is 4.79 Å². The summed E-state index contributed by atoms with van der Waals surface area (Å²) in [5.41, 5.74) is 3.08. The molecule has 0 spiro atoms. The molecule has 2 aromatic carbocycles. The van der Waals surface area contributed by atoms with E-state index >= 15 is 0 Å². The van der Waals surface area contributed by atoms with E-state index in [0.717, 1.165) is 29.9 Å². The van der Waals surface area contributed by atoms with Gasteiger partial charge >= 0.3 is 0 Å². The number of halogens is 1. The van der Waals surface area contributed by atoms with Crippen LogP contribution in [0, 0.1) is 0 Å². The summed E-state index contributed by atoms with van der Waals surface area (Å²) in [6.07, 6.45) is 12.9. The van der Waals surface area contributed by atoms with E-state index in [1.165, 1.54) is 63.3 Å². The molecular weight excluding hydrogens is 430 g/mol. The zero-order valence-electron chi connectivity index (χ0n) is 20.0. The third kappa shape index (κ3) is 8.19. The molecule has 1 amide bonds. The normalized spacial score (nSPS) is 11.2. The molecule has 0 aliphatic rings. The maximum atomic E-state index is 12.4. The Morgan fingerprint density at radius 3 is 2.33 bits per heavy atom. The van der Waals surface area contributed by atoms with E-state index in [-0.39, 0.29) is 5.91 Å². The fraction of sp³-hybridized carbons (Fsp3) is 0.500. The molecule has 0 saturated carbocycles. The minimum Gasteiger partial charge on any atom is -0.355 e. The second-order valence-electron chi connectivity index (χ2n) is 8.86. The van der Waals surface area contributed by atoms with Crippen LogP contribution in [0.25, 0.3) is 11.0 Å². The zero-order chi connectivity index (χ0) is 23.3. The van der Waals surface area contributed by atoms with Crippen molar-refractivity contribution in [1.29, 1.82) is 0 Å². The number of nitrogens with one attached hydrogen (secondary N) is 1. The number of amides is 1. The number of rotatable bonds is 15. The Morgan fingerprint density at radius 2 is 1.58 bits per heavy atom. The highest BCUT2D eigenvalue weighted by atomic mass is 35.5. The minimum absolute atomic E-state index is 0.00954. The smallest absolute Gasteiger partial charge is 0.224 e. The number of fused-ring (bicyclic) bond motifs is 1. The molecule has 4 nitrogen and oxygen atoms in total. The summed E-state index contributed by atoms with van der Waals surface area (Å²) < 4.78 is 2.34. The fourth-order valence-electron chi connectivity index (χ4n) is 4.34. The van der Waals surface area contributed by atoms with Gasteiger partial charge in [-0.25, -0.2) is 4.98 Å². The summed E-state index contributed by atoms with van der Waals surface area (Å²) in [4.78, 5) is 17.2. The molecule has 0 fully saturated rings. The topological polar surface area (TPSA) is 46.9 Å². The number of aryl methyl sites for hydroxylation is 1. The van der Waals surface area contributed by atoms with E-state index < -0.39 is 0 Å². The number of para-hydroxylation sites is 2. The third-order valence-corrected chi connectivity index (χ3v) is 6.57. The van der Waals surface area contributed by atoms with Crippen LogP contribution in [0.2, 0.25) is 5.02 Å². The Morgan fingerprint density at radius 1 is 0.909 bits per heavy atom. The van der Waals surface area contributed by atoms with E-state index in [1.807, 2.05) is 30.3 Å². The predicted octanol–water partition coefficient (Wildman–Crippen LogP) is 7.12. The Labute approximate surface area is 203 Å². The summed E-state index contributed by atoms with van der Waals surface area (Å²) in [5, 5.41) is 3.67. The van der Waals surface area contributed by atoms with Gasteiger partial charge in [-0.1, -0.05) is 100 Å². The molecule has 1 aromatic heterocycles. The number of imidazole rings is 1. The van der Waals surface area contributed by atoms with E-state index in [9.17, 15) is 4.79 Å². The molecule has 3 aromatic rings. The maximum absolute atomic E-state index is 12.4. The molecule has 5 heteroatoms. The van der Waals surface area contributed by atoms with Crippen LogP contribution in [0.5, 0.6) is 0 Å². The SMILES string of the molecule is CCCCCCCCCCCn1c(CCNC(=O)Cc2ccccc2Cl)nc2ccccc21. The van der Waals surface area contributed by atoms with Gasteiger partial charge in [0.2, 0.25) is 5.91 Å². The summed E-state index contributed by atoms with van der Waals surface area (Å²) in [6.45, 7) is 3.83. The molecule has 1 heterocycles. The van der Waals surface area contributed by atoms with Gasteiger partial charge in [0.25, 0.3) is 0 Å². The lowest BCUT2D eigenvalue weighted by atomic mass is 10.1. The van der Waals surface area contributed by atoms with Crippen molar-refractivity contribution in [2.24, 2.45) is 0 Å². The van der Waals surface area contributed by atoms with Crippen molar-refractivity contribution in [2.75, 3.05) is 6.54 Å². The van der Waals surface area contributed by atoms with Crippen molar-refractivity contribution in [2.45, 2.75) is 84.1 Å². The van der Waals surface area contributed by atoms with Crippen LogP contribution in [0.3, 0.4) is 0 Å². The number of benzene rings is 2. The Bertz CT molecular complexity index is 998. The molecule has 0 aliphatic carbocycles. The minimum atomic E-state index is -0.00954. The molecule has 0 unspecified atom stereocenters. The highest BCUT2D eigenvalue weighted by Crippen LogP contribution is 2.19. The molecule has 0 bridgehead atoms. The fourth-order valence-corrected chi connectivity index (χ4v) is 4.54. The second-order valence-corrected chi connectivity index (χ2v) is 9.27. The molecule has 33 heavy (non-hydrogen) atoms. The first-order valence-corrected chi connectivity index (χ1v) is 13.0. The lowest BCUT2D eigenvalue weighted by molar-refractivity contribution is -0.120. The van der Waals surface area contributed by atoms with Gasteiger partial charge < -0.3 is 9.88 Å². The number of carbonyl (C=O) groups is 1. The predicted molar refractivity (Wildman–Crippen MR) is 139 cm³/mol. The van der Waals surface area contributed by atoms with Crippen molar-refractivity contribution in [3.8, 4) is 0 Å². The van der Waals surface area contributed by atoms with Crippen LogP contribution < -0.4 is 5.32 Å². The zero-order valence-corrected chi connectivity index (χ0v) is 20.7. The van der Waals surface area contributed by atoms with Crippen LogP contribution in [0.4, 0.5) is 0 Å². The number of aromatic nitrogens is 2. The van der Waals surface area contributed by atoms with Crippen LogP contribution in [-0.4, -0.2) is 22.0 Å². The summed E-state index contributed by atoms with van der Waals surface area (Å²) in [7, 11) is 0. The number of carbonyl (C=O) groups excluding carboxylic acids is 1. The van der Waals surface area contributed by atoms with Gasteiger partial charge in [-0.15, -0.1) is 0 Å². The number of nitrogens with zero attached hydrogens (tertiary/aromatic N) is 2. The van der Waals surface area contributed by atoms with Crippen molar-refractivity contribution in [3.63, 3.8) is 0 Å². The van der Waals surface area contributed by atoms with Gasteiger partial charge in [-0.05, 0) is 30.2 Å². The largest absolute Gasteiger partial charge is 0.355 e. The van der Waals surface area contributed by atoms with Crippen molar-refractivity contribution in [3.05, 3.63) is 64.9 Å². The molecule has 178 valence electrons. The van der Waals surface area contributed by atoms with Crippen LogP contribution in [-0.2, 0) is 24.2 Å². The van der Waals surface area contributed by atoms with Gasteiger partial charge in [0, 0.05) is 24.5 Å². The average molecular weight is 468 g/mol. The van der Waals surface area contributed by atoms with Gasteiger partial charge in [0.15, 0.2) is 0 Å². The first-order valence-electron chi connectivity index (χ1n) is 12.6. The Balaban J connectivity index is 1.47. The molecule has 0 atom stereocenters. The van der Waals surface area contributed by atoms with Crippen LogP contribution >= 0.6 is 11.6 Å². The lowest BCUT2D eigenvalue weighted by Gasteiger charge is -2.10. The Hall–Kier alpha value is -2.33. The first kappa shape index (κ1) is 25.3. The summed E-state index contributed by atoms with van der Waals surface area (Å²) in [5.74, 6) is 1.04. The van der Waals surface area contributed by atoms with E-state index in [2.05, 4.69) is 35.0 Å². The van der Waals surface area contributed by atoms with Crippen LogP contribution in [0.1, 0.15) is 76.1 Å². The molecule has 1 N–H and O–H groups in total. The number of unbranched alkanes of at least 4 members (excludes halogenated alkanes) is 8. The quantitative estimate of drug-likeness (QED) is 0.242. The van der Waals surface area contributed by atoms with Crippen LogP contribution in [0.15, 0.2) is 48.5 Å². The highest BCUT2D eigenvalue weighted by Gasteiger charge is 2.11. The number of hydrogen-bond acceptors (Lipinski definition) is 2. The van der Waals surface area contributed by atoms with Gasteiger partial charge in [0.1, 0.15) is 5.82 Å². The monoisotopic (exact) mass is 467 g/mol. The summed E-state index contributed by atoms with van der Waals surface area (Å²) >= 11 is 6.18. The van der Waals surface area contributed by atoms with Crippen molar-refractivity contribution >= 4 is 28.5 Å². The molecule has 3 rings (SSSR count). The maximum Gasteiger partial charge on any atom is 0.224 e. The van der Waals surface area contributed by atoms with Crippen molar-refractivity contribution in [1.82, 2.24) is 14.9 Å². The molecular formula is C28H38ClN3O. The Kier molecular flexibility index (Phi) is 10.8. The third-order valence-electron chi connectivity index (χ3n) is 6.20. The average Bonchev–Trinajstić information content (AvgIpc) is 3.17. The second kappa shape index (κ2) is 14.0. The van der Waals surface area contributed by atoms with Crippen molar-refractivity contribution < 1.29 is 4.79 Å². The number of hydrogen-bond donors (Lipinski definition) is 1. The first-order chi connectivity index (χ1) is 16.2. The lowest BCUT2D eigenvalue weighted by Crippen LogP contribution is -2.28. The van der Waals surface area contributed by atoms with E-state index in [1.54, 1.807) is 0 Å². The standard InChI is InChI=1S/C28H38ClN3O/c1-2-3-4-5-6-7-8-9-14-21-32-26-18-13-12-17-25(26)31-27(32)19-20-30-28(33)22-23-15-10-11-16-24(23)29/h10-13,15-18H,2-9,14,19-22H2,1H3,(H,30,33).